The summed E-state index contributed by atoms with van der Waals surface area (Å²) in [5, 5.41) is 15.5. The number of amides is 1. The molecule has 1 saturated heterocycles. The number of carbonyl (C=O) groups is 1. The number of aryl methyl sites for hydroxylation is 1. The molecule has 1 aliphatic heterocycles. The third-order valence-electron chi connectivity index (χ3n) is 6.01. The number of carbonyl (C=O) groups excluding carboxylic acids is 1. The normalized spacial score (nSPS) is 15.9. The molecule has 2 heterocycles. The maximum absolute atomic E-state index is 13.1. The van der Waals surface area contributed by atoms with Gasteiger partial charge < -0.3 is 4.90 Å². The number of rotatable bonds is 6. The summed E-state index contributed by atoms with van der Waals surface area (Å²) in [4.78, 5) is 25.9. The first-order valence-corrected chi connectivity index (χ1v) is 10.6. The van der Waals surface area contributed by atoms with Crippen LogP contribution < -0.4 is 0 Å². The molecule has 0 radical (unpaired) electrons. The summed E-state index contributed by atoms with van der Waals surface area (Å²) in [7, 11) is 0. The summed E-state index contributed by atoms with van der Waals surface area (Å²) in [6.45, 7) is 4.56. The number of benzene rings is 2. The third kappa shape index (κ3) is 4.35. The quantitative estimate of drug-likeness (QED) is 0.441. The van der Waals surface area contributed by atoms with Gasteiger partial charge in [-0.15, -0.1) is 0 Å². The Balaban J connectivity index is 1.46. The largest absolute Gasteiger partial charge is 0.335 e. The van der Waals surface area contributed by atoms with Gasteiger partial charge in [-0.05, 0) is 56.4 Å². The molecule has 4 rings (SSSR count). The minimum absolute atomic E-state index is 0.0605. The Hall–Kier alpha value is -3.48. The average molecular weight is 418 g/mol. The van der Waals surface area contributed by atoms with Gasteiger partial charge in [0.15, 0.2) is 0 Å². The highest BCUT2D eigenvalue weighted by molar-refractivity contribution is 5.94. The van der Waals surface area contributed by atoms with Crippen molar-refractivity contribution in [1.82, 2.24) is 14.7 Å². The van der Waals surface area contributed by atoms with Crippen molar-refractivity contribution in [2.45, 2.75) is 45.7 Å². The molecule has 1 aliphatic rings. The van der Waals surface area contributed by atoms with Crippen LogP contribution in [-0.4, -0.2) is 38.1 Å². The minimum atomic E-state index is -0.391. The van der Waals surface area contributed by atoms with E-state index in [1.165, 1.54) is 5.56 Å². The standard InChI is InChI=1S/C24H26N4O3/c1-17-23(28(30)31)18(2)27(25-17)16-20-10-12-21(13-11-20)24(29)26-14-6-9-22(26)15-19-7-4-3-5-8-19/h3-5,7-8,10-13,22H,6,9,14-16H2,1-2H3. The van der Waals surface area contributed by atoms with E-state index in [2.05, 4.69) is 17.2 Å². The molecule has 1 fully saturated rings. The molecule has 0 aliphatic carbocycles. The van der Waals surface area contributed by atoms with Crippen molar-refractivity contribution in [2.24, 2.45) is 0 Å². The van der Waals surface area contributed by atoms with E-state index in [1.807, 2.05) is 47.4 Å². The van der Waals surface area contributed by atoms with Crippen LogP contribution in [0.15, 0.2) is 54.6 Å². The predicted octanol–water partition coefficient (Wildman–Crippen LogP) is 4.30. The highest BCUT2D eigenvalue weighted by Crippen LogP contribution is 2.25. The van der Waals surface area contributed by atoms with Crippen molar-refractivity contribution >= 4 is 11.6 Å². The molecule has 160 valence electrons. The fraction of sp³-hybridized carbons (Fsp3) is 0.333. The van der Waals surface area contributed by atoms with Gasteiger partial charge in [-0.1, -0.05) is 42.5 Å². The second-order valence-electron chi connectivity index (χ2n) is 8.12. The Labute approximate surface area is 181 Å². The smallest absolute Gasteiger partial charge is 0.312 e. The number of nitrogens with zero attached hydrogens (tertiary/aromatic N) is 4. The van der Waals surface area contributed by atoms with E-state index in [4.69, 9.17) is 0 Å². The Morgan fingerprint density at radius 2 is 1.81 bits per heavy atom. The molecule has 7 nitrogen and oxygen atoms in total. The van der Waals surface area contributed by atoms with Crippen LogP contribution in [0.2, 0.25) is 0 Å². The molecule has 0 bridgehead atoms. The number of hydrogen-bond acceptors (Lipinski definition) is 4. The zero-order valence-corrected chi connectivity index (χ0v) is 17.8. The van der Waals surface area contributed by atoms with Gasteiger partial charge in [0.05, 0.1) is 11.5 Å². The molecular weight excluding hydrogens is 392 g/mol. The van der Waals surface area contributed by atoms with Gasteiger partial charge in [0.25, 0.3) is 5.91 Å². The maximum atomic E-state index is 13.1. The Morgan fingerprint density at radius 3 is 2.45 bits per heavy atom. The van der Waals surface area contributed by atoms with Gasteiger partial charge in [0.2, 0.25) is 0 Å². The predicted molar refractivity (Wildman–Crippen MR) is 118 cm³/mol. The van der Waals surface area contributed by atoms with E-state index >= 15 is 0 Å². The summed E-state index contributed by atoms with van der Waals surface area (Å²) < 4.78 is 1.64. The van der Waals surface area contributed by atoms with Gasteiger partial charge in [-0.3, -0.25) is 19.6 Å². The summed E-state index contributed by atoms with van der Waals surface area (Å²) in [6.07, 6.45) is 2.93. The van der Waals surface area contributed by atoms with Crippen LogP contribution in [0.1, 0.15) is 45.7 Å². The van der Waals surface area contributed by atoms with E-state index in [1.54, 1.807) is 18.5 Å². The molecule has 1 atom stereocenters. The average Bonchev–Trinajstić information content (AvgIpc) is 3.32. The first-order valence-electron chi connectivity index (χ1n) is 10.6. The van der Waals surface area contributed by atoms with Crippen molar-refractivity contribution in [2.75, 3.05) is 6.54 Å². The molecule has 0 saturated carbocycles. The lowest BCUT2D eigenvalue weighted by molar-refractivity contribution is -0.386. The van der Waals surface area contributed by atoms with Crippen LogP contribution in [0.5, 0.6) is 0 Å². The molecular formula is C24H26N4O3. The van der Waals surface area contributed by atoms with Crippen molar-refractivity contribution in [3.63, 3.8) is 0 Å². The lowest BCUT2D eigenvalue weighted by Gasteiger charge is -2.25. The van der Waals surface area contributed by atoms with Gasteiger partial charge in [-0.2, -0.15) is 5.10 Å². The summed E-state index contributed by atoms with van der Waals surface area (Å²) in [6, 6.07) is 18.0. The highest BCUT2D eigenvalue weighted by Gasteiger charge is 2.29. The van der Waals surface area contributed by atoms with E-state index in [9.17, 15) is 14.9 Å². The Kier molecular flexibility index (Phi) is 5.84. The van der Waals surface area contributed by atoms with Crippen molar-refractivity contribution in [3.05, 3.63) is 92.8 Å². The Morgan fingerprint density at radius 1 is 1.10 bits per heavy atom. The SMILES string of the molecule is Cc1nn(Cc2ccc(C(=O)N3CCCC3Cc3ccccc3)cc2)c(C)c1[N+](=O)[O-]. The van der Waals surface area contributed by atoms with Crippen molar-refractivity contribution < 1.29 is 9.72 Å². The van der Waals surface area contributed by atoms with E-state index in [-0.39, 0.29) is 17.6 Å². The second-order valence-corrected chi connectivity index (χ2v) is 8.12. The summed E-state index contributed by atoms with van der Waals surface area (Å²) >= 11 is 0. The van der Waals surface area contributed by atoms with Crippen LogP contribution >= 0.6 is 0 Å². The molecule has 7 heteroatoms. The fourth-order valence-corrected chi connectivity index (χ4v) is 4.40. The fourth-order valence-electron chi connectivity index (χ4n) is 4.40. The van der Waals surface area contributed by atoms with Gasteiger partial charge in [-0.25, -0.2) is 0 Å². The molecule has 31 heavy (non-hydrogen) atoms. The van der Waals surface area contributed by atoms with Crippen LogP contribution in [0, 0.1) is 24.0 Å². The molecule has 3 aromatic rings. The number of likely N-dealkylation sites (tertiary alicyclic amines) is 1. The lowest BCUT2D eigenvalue weighted by Crippen LogP contribution is -2.36. The molecule has 1 amide bonds. The van der Waals surface area contributed by atoms with E-state index in [0.29, 0.717) is 23.5 Å². The van der Waals surface area contributed by atoms with Gasteiger partial charge >= 0.3 is 5.69 Å². The zero-order valence-electron chi connectivity index (χ0n) is 17.8. The lowest BCUT2D eigenvalue weighted by atomic mass is 10.0. The monoisotopic (exact) mass is 418 g/mol. The second kappa shape index (κ2) is 8.71. The van der Waals surface area contributed by atoms with Crippen molar-refractivity contribution in [3.8, 4) is 0 Å². The summed E-state index contributed by atoms with van der Waals surface area (Å²) in [5.41, 5.74) is 3.87. The minimum Gasteiger partial charge on any atom is -0.335 e. The summed E-state index contributed by atoms with van der Waals surface area (Å²) in [5.74, 6) is 0.0618. The molecule has 1 aromatic heterocycles. The zero-order chi connectivity index (χ0) is 22.0. The van der Waals surface area contributed by atoms with Crippen LogP contribution in [0.25, 0.3) is 0 Å². The third-order valence-corrected chi connectivity index (χ3v) is 6.01. The van der Waals surface area contributed by atoms with Gasteiger partial charge in [0, 0.05) is 18.2 Å². The number of hydrogen-bond donors (Lipinski definition) is 0. The van der Waals surface area contributed by atoms with Crippen LogP contribution in [-0.2, 0) is 13.0 Å². The van der Waals surface area contributed by atoms with E-state index < -0.39 is 4.92 Å². The topological polar surface area (TPSA) is 81.3 Å². The number of aromatic nitrogens is 2. The Bertz CT molecular complexity index is 1090. The molecule has 2 aromatic carbocycles. The molecule has 0 N–H and O–H groups in total. The van der Waals surface area contributed by atoms with E-state index in [0.717, 1.165) is 31.4 Å². The highest BCUT2D eigenvalue weighted by atomic mass is 16.6. The molecule has 0 spiro atoms. The van der Waals surface area contributed by atoms with Crippen LogP contribution in [0.3, 0.4) is 0 Å². The van der Waals surface area contributed by atoms with Gasteiger partial charge in [0.1, 0.15) is 11.4 Å². The maximum Gasteiger partial charge on any atom is 0.312 e. The molecule has 1 unspecified atom stereocenters. The first-order chi connectivity index (χ1) is 14.9. The van der Waals surface area contributed by atoms with Crippen LogP contribution in [0.4, 0.5) is 5.69 Å². The van der Waals surface area contributed by atoms with Crippen molar-refractivity contribution in [1.29, 1.82) is 0 Å². The first kappa shape index (κ1) is 20.8. The number of nitro groups is 1.